The Labute approximate surface area is 210 Å². The zero-order chi connectivity index (χ0) is 25.6. The van der Waals surface area contributed by atoms with Crippen LogP contribution in [0.5, 0.6) is 0 Å². The second-order valence-corrected chi connectivity index (χ2v) is 11.8. The molecular weight excluding hydrogens is 480 g/mol. The number of anilines is 1. The Balaban J connectivity index is 1.21. The third-order valence-electron chi connectivity index (χ3n) is 7.51. The fourth-order valence-electron chi connectivity index (χ4n) is 5.30. The van der Waals surface area contributed by atoms with E-state index in [0.29, 0.717) is 31.4 Å². The lowest BCUT2D eigenvalue weighted by Crippen LogP contribution is -2.55. The van der Waals surface area contributed by atoms with Crippen LogP contribution < -0.4 is 10.7 Å². The molecule has 0 saturated carbocycles. The maximum Gasteiger partial charge on any atom is 0.419 e. The van der Waals surface area contributed by atoms with Crippen molar-refractivity contribution in [3.05, 3.63) is 58.6 Å². The van der Waals surface area contributed by atoms with Crippen molar-refractivity contribution in [3.8, 4) is 0 Å². The van der Waals surface area contributed by atoms with E-state index in [0.717, 1.165) is 6.54 Å². The number of sulfonamides is 1. The predicted octanol–water partition coefficient (Wildman–Crippen LogP) is 2.58. The molecule has 10 heteroatoms. The molecule has 3 heterocycles. The monoisotopic (exact) mass is 512 g/mol. The Morgan fingerprint density at radius 2 is 1.69 bits per heavy atom. The molecule has 192 valence electrons. The summed E-state index contributed by atoms with van der Waals surface area (Å²) in [5.74, 6) is -0.591. The van der Waals surface area contributed by atoms with Gasteiger partial charge in [-0.2, -0.15) is 4.31 Å². The minimum atomic E-state index is -3.75. The first kappa shape index (κ1) is 24.6. The number of piperazine rings is 1. The zero-order valence-corrected chi connectivity index (χ0v) is 21.7. The SMILES string of the molecule is Cc1ccc(N2CCN(C(=O)C3CCN(S(=O)(=O)c4ccc5c(c4)oc(=O)n5C)CC3)C[C@H]2C)cc1. The summed E-state index contributed by atoms with van der Waals surface area (Å²) >= 11 is 0. The number of oxazole rings is 1. The summed E-state index contributed by atoms with van der Waals surface area (Å²) in [5.41, 5.74) is 3.18. The molecule has 0 unspecified atom stereocenters. The lowest BCUT2D eigenvalue weighted by atomic mass is 9.95. The number of hydrogen-bond donors (Lipinski definition) is 0. The Hall–Kier alpha value is -3.11. The highest BCUT2D eigenvalue weighted by Crippen LogP contribution is 2.28. The molecule has 0 N–H and O–H groups in total. The number of carbonyl (C=O) groups excluding carboxylic acids is 1. The van der Waals surface area contributed by atoms with Crippen molar-refractivity contribution in [3.63, 3.8) is 0 Å². The molecule has 1 amide bonds. The third-order valence-corrected chi connectivity index (χ3v) is 9.40. The molecule has 0 radical (unpaired) electrons. The predicted molar refractivity (Wildman–Crippen MR) is 138 cm³/mol. The molecule has 0 spiro atoms. The van der Waals surface area contributed by atoms with Gasteiger partial charge in [-0.05, 0) is 51.0 Å². The number of aromatic nitrogens is 1. The second kappa shape index (κ2) is 9.40. The van der Waals surface area contributed by atoms with E-state index in [-0.39, 0.29) is 41.4 Å². The molecule has 5 rings (SSSR count). The number of nitrogens with zero attached hydrogens (tertiary/aromatic N) is 4. The average Bonchev–Trinajstić information content (AvgIpc) is 3.17. The number of fused-ring (bicyclic) bond motifs is 1. The first-order valence-corrected chi connectivity index (χ1v) is 13.8. The summed E-state index contributed by atoms with van der Waals surface area (Å²) in [6, 6.07) is 13.2. The van der Waals surface area contributed by atoms with Gasteiger partial charge in [0.2, 0.25) is 15.9 Å². The summed E-state index contributed by atoms with van der Waals surface area (Å²) < 4.78 is 34.4. The largest absolute Gasteiger partial charge is 0.419 e. The molecule has 1 atom stereocenters. The van der Waals surface area contributed by atoms with Crippen molar-refractivity contribution in [2.45, 2.75) is 37.6 Å². The number of hydrogen-bond acceptors (Lipinski definition) is 6. The summed E-state index contributed by atoms with van der Waals surface area (Å²) in [7, 11) is -2.17. The number of rotatable bonds is 4. The van der Waals surface area contributed by atoms with Crippen molar-refractivity contribution in [2.75, 3.05) is 37.6 Å². The van der Waals surface area contributed by atoms with Gasteiger partial charge < -0.3 is 14.2 Å². The summed E-state index contributed by atoms with van der Waals surface area (Å²) in [6.07, 6.45) is 0.987. The van der Waals surface area contributed by atoms with Crippen LogP contribution in [-0.2, 0) is 21.9 Å². The Morgan fingerprint density at radius 3 is 2.36 bits per heavy atom. The average molecular weight is 513 g/mol. The topological polar surface area (TPSA) is 96.1 Å². The molecule has 2 fully saturated rings. The lowest BCUT2D eigenvalue weighted by molar-refractivity contribution is -0.137. The van der Waals surface area contributed by atoms with Crippen LogP contribution in [0.25, 0.3) is 11.1 Å². The molecule has 2 saturated heterocycles. The van der Waals surface area contributed by atoms with Crippen LogP contribution in [0.15, 0.2) is 56.6 Å². The highest BCUT2D eigenvalue weighted by molar-refractivity contribution is 7.89. The summed E-state index contributed by atoms with van der Waals surface area (Å²) in [6.45, 7) is 6.89. The first-order valence-electron chi connectivity index (χ1n) is 12.4. The molecule has 2 aliphatic rings. The van der Waals surface area contributed by atoms with Gasteiger partial charge in [0.15, 0.2) is 5.58 Å². The van der Waals surface area contributed by atoms with E-state index in [4.69, 9.17) is 4.42 Å². The molecule has 0 aliphatic carbocycles. The number of carbonyl (C=O) groups is 1. The second-order valence-electron chi connectivity index (χ2n) is 9.90. The minimum Gasteiger partial charge on any atom is -0.408 e. The van der Waals surface area contributed by atoms with E-state index in [2.05, 4.69) is 43.0 Å². The van der Waals surface area contributed by atoms with Gasteiger partial charge in [-0.1, -0.05) is 17.7 Å². The Morgan fingerprint density at radius 1 is 1.00 bits per heavy atom. The highest BCUT2D eigenvalue weighted by Gasteiger charge is 2.36. The van der Waals surface area contributed by atoms with E-state index < -0.39 is 15.8 Å². The smallest absolute Gasteiger partial charge is 0.408 e. The van der Waals surface area contributed by atoms with Crippen LogP contribution in [0.4, 0.5) is 5.69 Å². The first-order chi connectivity index (χ1) is 17.1. The van der Waals surface area contributed by atoms with Gasteiger partial charge in [-0.3, -0.25) is 9.36 Å². The van der Waals surface area contributed by atoms with Crippen LogP contribution in [0, 0.1) is 12.8 Å². The third kappa shape index (κ3) is 4.43. The maximum atomic E-state index is 13.3. The van der Waals surface area contributed by atoms with E-state index in [1.807, 2.05) is 4.90 Å². The Kier molecular flexibility index (Phi) is 6.42. The van der Waals surface area contributed by atoms with E-state index in [9.17, 15) is 18.0 Å². The number of benzene rings is 2. The van der Waals surface area contributed by atoms with Gasteiger partial charge in [-0.25, -0.2) is 13.2 Å². The minimum absolute atomic E-state index is 0.0928. The molecule has 2 aromatic carbocycles. The standard InChI is InChI=1S/C26H32N4O5S/c1-18-4-6-21(7-5-18)30-15-14-28(17-19(30)2)25(31)20-10-12-29(13-11-20)36(33,34)22-8-9-23-24(16-22)35-26(32)27(23)3/h4-9,16,19-20H,10-15,17H2,1-3H3/t19-/m1/s1. The van der Waals surface area contributed by atoms with Gasteiger partial charge in [0.25, 0.3) is 0 Å². The van der Waals surface area contributed by atoms with Gasteiger partial charge >= 0.3 is 5.76 Å². The number of amides is 1. The zero-order valence-electron chi connectivity index (χ0n) is 20.9. The lowest BCUT2D eigenvalue weighted by Gasteiger charge is -2.43. The van der Waals surface area contributed by atoms with Crippen LogP contribution in [0.2, 0.25) is 0 Å². The molecule has 1 aromatic heterocycles. The van der Waals surface area contributed by atoms with Crippen LogP contribution in [0.1, 0.15) is 25.3 Å². The van der Waals surface area contributed by atoms with Crippen molar-refractivity contribution in [1.82, 2.24) is 13.8 Å². The molecule has 2 aliphatic heterocycles. The normalized spacial score (nSPS) is 20.2. The molecule has 36 heavy (non-hydrogen) atoms. The van der Waals surface area contributed by atoms with Gasteiger partial charge in [0, 0.05) is 63.5 Å². The fraction of sp³-hybridized carbons (Fsp3) is 0.462. The van der Waals surface area contributed by atoms with Crippen molar-refractivity contribution >= 4 is 32.7 Å². The molecule has 3 aromatic rings. The van der Waals surface area contributed by atoms with E-state index in [1.165, 1.54) is 32.3 Å². The number of piperidine rings is 1. The van der Waals surface area contributed by atoms with Crippen molar-refractivity contribution in [2.24, 2.45) is 13.0 Å². The summed E-state index contributed by atoms with van der Waals surface area (Å²) in [4.78, 5) is 29.4. The van der Waals surface area contributed by atoms with Crippen molar-refractivity contribution in [1.29, 1.82) is 0 Å². The Bertz CT molecular complexity index is 1440. The van der Waals surface area contributed by atoms with Crippen LogP contribution in [-0.4, -0.2) is 66.9 Å². The van der Waals surface area contributed by atoms with Gasteiger partial charge in [0.05, 0.1) is 10.4 Å². The van der Waals surface area contributed by atoms with Crippen molar-refractivity contribution < 1.29 is 17.6 Å². The molecule has 9 nitrogen and oxygen atoms in total. The summed E-state index contributed by atoms with van der Waals surface area (Å²) in [5, 5.41) is 0. The molecular formula is C26H32N4O5S. The van der Waals surface area contributed by atoms with Gasteiger partial charge in [0.1, 0.15) is 0 Å². The quantitative estimate of drug-likeness (QED) is 0.533. The number of aryl methyl sites for hydroxylation is 2. The maximum absolute atomic E-state index is 13.3. The molecule has 0 bridgehead atoms. The van der Waals surface area contributed by atoms with Crippen LogP contribution in [0.3, 0.4) is 0 Å². The van der Waals surface area contributed by atoms with E-state index in [1.54, 1.807) is 13.1 Å². The van der Waals surface area contributed by atoms with Crippen LogP contribution >= 0.6 is 0 Å². The highest BCUT2D eigenvalue weighted by atomic mass is 32.2. The van der Waals surface area contributed by atoms with Gasteiger partial charge in [-0.15, -0.1) is 0 Å². The van der Waals surface area contributed by atoms with E-state index >= 15 is 0 Å². The fourth-order valence-corrected chi connectivity index (χ4v) is 6.79.